The second-order valence-electron chi connectivity index (χ2n) is 6.64. The van der Waals surface area contributed by atoms with E-state index in [1.807, 2.05) is 11.3 Å². The average molecular weight is 466 g/mol. The summed E-state index contributed by atoms with van der Waals surface area (Å²) in [5.41, 5.74) is 3.18. The molecule has 0 unspecified atom stereocenters. The number of thiophene rings is 1. The van der Waals surface area contributed by atoms with Gasteiger partial charge in [-0.15, -0.1) is 11.3 Å². The Labute approximate surface area is 165 Å². The zero-order chi connectivity index (χ0) is 16.9. The quantitative estimate of drug-likeness (QED) is 0.240. The van der Waals surface area contributed by atoms with E-state index in [1.165, 1.54) is 97.5 Å². The maximum absolute atomic E-state index is 3.79. The number of halogens is 2. The SMILES string of the molecule is CCCCCCCCc1c(Br)sc(Br)c1CCCCCCCC. The molecule has 0 aliphatic rings. The molecular weight excluding hydrogens is 432 g/mol. The van der Waals surface area contributed by atoms with Crippen molar-refractivity contribution in [1.29, 1.82) is 0 Å². The van der Waals surface area contributed by atoms with Gasteiger partial charge in [-0.1, -0.05) is 78.1 Å². The first-order valence-electron chi connectivity index (χ1n) is 9.66. The Morgan fingerprint density at radius 1 is 0.565 bits per heavy atom. The minimum Gasteiger partial charge on any atom is -0.121 e. The first kappa shape index (κ1) is 21.7. The van der Waals surface area contributed by atoms with E-state index in [0.29, 0.717) is 0 Å². The van der Waals surface area contributed by atoms with E-state index >= 15 is 0 Å². The van der Waals surface area contributed by atoms with E-state index in [2.05, 4.69) is 45.7 Å². The lowest BCUT2D eigenvalue weighted by Crippen LogP contribution is -1.93. The second-order valence-corrected chi connectivity index (χ2v) is 10.3. The molecule has 0 spiro atoms. The summed E-state index contributed by atoms with van der Waals surface area (Å²) in [6.45, 7) is 4.57. The molecule has 0 aliphatic heterocycles. The molecule has 1 heterocycles. The van der Waals surface area contributed by atoms with E-state index in [-0.39, 0.29) is 0 Å². The van der Waals surface area contributed by atoms with Crippen molar-refractivity contribution >= 4 is 43.2 Å². The fourth-order valence-electron chi connectivity index (χ4n) is 3.10. The maximum atomic E-state index is 3.79. The number of unbranched alkanes of at least 4 members (excludes halogenated alkanes) is 10. The van der Waals surface area contributed by atoms with Gasteiger partial charge in [-0.3, -0.25) is 0 Å². The van der Waals surface area contributed by atoms with Gasteiger partial charge < -0.3 is 0 Å². The van der Waals surface area contributed by atoms with E-state index in [4.69, 9.17) is 0 Å². The zero-order valence-corrected chi connectivity index (χ0v) is 19.1. The van der Waals surface area contributed by atoms with Crippen LogP contribution in [0, 0.1) is 0 Å². The van der Waals surface area contributed by atoms with Crippen molar-refractivity contribution < 1.29 is 0 Å². The molecule has 0 atom stereocenters. The van der Waals surface area contributed by atoms with Gasteiger partial charge in [-0.05, 0) is 68.7 Å². The highest BCUT2D eigenvalue weighted by molar-refractivity contribution is 9.12. The Balaban J connectivity index is 2.34. The minimum atomic E-state index is 1.25. The van der Waals surface area contributed by atoms with Crippen LogP contribution in [0.1, 0.15) is 102 Å². The summed E-state index contributed by atoms with van der Waals surface area (Å²) < 4.78 is 2.72. The predicted octanol–water partition coefficient (Wildman–Crippen LogP) is 9.08. The van der Waals surface area contributed by atoms with Crippen LogP contribution in [-0.2, 0) is 12.8 Å². The zero-order valence-electron chi connectivity index (χ0n) is 15.1. The molecular formula is C20H34Br2S. The highest BCUT2D eigenvalue weighted by Gasteiger charge is 2.14. The third-order valence-electron chi connectivity index (χ3n) is 4.58. The maximum Gasteiger partial charge on any atom is 0.0745 e. The second kappa shape index (κ2) is 13.9. The fourth-order valence-corrected chi connectivity index (χ4v) is 6.45. The molecule has 0 amide bonds. The summed E-state index contributed by atoms with van der Waals surface area (Å²) in [7, 11) is 0. The van der Waals surface area contributed by atoms with Crippen LogP contribution >= 0.6 is 43.2 Å². The van der Waals surface area contributed by atoms with Gasteiger partial charge in [0, 0.05) is 0 Å². The monoisotopic (exact) mass is 464 g/mol. The summed E-state index contributed by atoms with van der Waals surface area (Å²) in [5, 5.41) is 0. The van der Waals surface area contributed by atoms with Crippen molar-refractivity contribution in [3.63, 3.8) is 0 Å². The molecule has 0 aliphatic carbocycles. The molecule has 3 heteroatoms. The van der Waals surface area contributed by atoms with Crippen LogP contribution in [0.25, 0.3) is 0 Å². The molecule has 134 valence electrons. The third kappa shape index (κ3) is 9.07. The summed E-state index contributed by atoms with van der Waals surface area (Å²) >= 11 is 9.46. The van der Waals surface area contributed by atoms with Crippen LogP contribution < -0.4 is 0 Å². The number of rotatable bonds is 14. The molecule has 0 fully saturated rings. The highest BCUT2D eigenvalue weighted by atomic mass is 79.9. The van der Waals surface area contributed by atoms with Crippen LogP contribution in [-0.4, -0.2) is 0 Å². The van der Waals surface area contributed by atoms with Crippen molar-refractivity contribution in [1.82, 2.24) is 0 Å². The Hall–Kier alpha value is 0.660. The molecule has 1 rings (SSSR count). The Morgan fingerprint density at radius 2 is 0.913 bits per heavy atom. The Bertz CT molecular complexity index is 376. The van der Waals surface area contributed by atoms with Crippen molar-refractivity contribution in [3.8, 4) is 0 Å². The molecule has 0 bridgehead atoms. The van der Waals surface area contributed by atoms with Crippen LogP contribution in [0.3, 0.4) is 0 Å². The molecule has 0 aromatic carbocycles. The van der Waals surface area contributed by atoms with Gasteiger partial charge in [-0.2, -0.15) is 0 Å². The van der Waals surface area contributed by atoms with Crippen molar-refractivity contribution in [2.75, 3.05) is 0 Å². The number of hydrogen-bond donors (Lipinski definition) is 0. The standard InChI is InChI=1S/C20H34Br2S/c1-3-5-7-9-11-13-15-17-18(20(22)23-19(17)21)16-14-12-10-8-6-4-2/h3-16H2,1-2H3. The van der Waals surface area contributed by atoms with Crippen LogP contribution in [0.2, 0.25) is 0 Å². The summed E-state index contributed by atoms with van der Waals surface area (Å²) in [4.78, 5) is 0. The average Bonchev–Trinajstić information content (AvgIpc) is 2.80. The topological polar surface area (TPSA) is 0 Å². The van der Waals surface area contributed by atoms with Gasteiger partial charge in [0.15, 0.2) is 0 Å². The molecule has 0 radical (unpaired) electrons. The molecule has 23 heavy (non-hydrogen) atoms. The highest BCUT2D eigenvalue weighted by Crippen LogP contribution is 2.39. The normalized spacial score (nSPS) is 11.3. The van der Waals surface area contributed by atoms with Crippen LogP contribution in [0.4, 0.5) is 0 Å². The van der Waals surface area contributed by atoms with Gasteiger partial charge in [0.1, 0.15) is 0 Å². The molecule has 0 saturated heterocycles. The Kier molecular flexibility index (Phi) is 13.1. The van der Waals surface area contributed by atoms with Gasteiger partial charge in [0.2, 0.25) is 0 Å². The summed E-state index contributed by atoms with van der Waals surface area (Å²) in [6.07, 6.45) is 19.1. The molecule has 0 saturated carbocycles. The lowest BCUT2D eigenvalue weighted by molar-refractivity contribution is 0.599. The van der Waals surface area contributed by atoms with Gasteiger partial charge in [0.05, 0.1) is 7.57 Å². The largest absolute Gasteiger partial charge is 0.121 e. The van der Waals surface area contributed by atoms with Crippen LogP contribution in [0.15, 0.2) is 7.57 Å². The van der Waals surface area contributed by atoms with Crippen molar-refractivity contribution in [2.45, 2.75) is 104 Å². The molecule has 1 aromatic heterocycles. The minimum absolute atomic E-state index is 1.25. The first-order valence-corrected chi connectivity index (χ1v) is 12.1. The lowest BCUT2D eigenvalue weighted by atomic mass is 10.0. The van der Waals surface area contributed by atoms with Gasteiger partial charge in [-0.25, -0.2) is 0 Å². The van der Waals surface area contributed by atoms with Crippen molar-refractivity contribution in [3.05, 3.63) is 18.7 Å². The van der Waals surface area contributed by atoms with E-state index in [0.717, 1.165) is 0 Å². The molecule has 0 N–H and O–H groups in total. The van der Waals surface area contributed by atoms with Crippen LogP contribution in [0.5, 0.6) is 0 Å². The van der Waals surface area contributed by atoms with E-state index < -0.39 is 0 Å². The fraction of sp³-hybridized carbons (Fsp3) is 0.800. The lowest BCUT2D eigenvalue weighted by Gasteiger charge is -2.07. The number of hydrogen-bond acceptors (Lipinski definition) is 1. The van der Waals surface area contributed by atoms with E-state index in [1.54, 1.807) is 11.1 Å². The Morgan fingerprint density at radius 3 is 1.30 bits per heavy atom. The summed E-state index contributed by atoms with van der Waals surface area (Å²) in [5.74, 6) is 0. The third-order valence-corrected chi connectivity index (χ3v) is 7.36. The summed E-state index contributed by atoms with van der Waals surface area (Å²) in [6, 6.07) is 0. The van der Waals surface area contributed by atoms with E-state index in [9.17, 15) is 0 Å². The van der Waals surface area contributed by atoms with Crippen molar-refractivity contribution in [2.24, 2.45) is 0 Å². The molecule has 1 aromatic rings. The first-order chi connectivity index (χ1) is 11.2. The van der Waals surface area contributed by atoms with Gasteiger partial charge >= 0.3 is 0 Å². The van der Waals surface area contributed by atoms with Gasteiger partial charge in [0.25, 0.3) is 0 Å². The molecule has 0 nitrogen and oxygen atoms in total. The smallest absolute Gasteiger partial charge is 0.0745 e. The predicted molar refractivity (Wildman–Crippen MR) is 114 cm³/mol.